The van der Waals surface area contributed by atoms with Crippen molar-refractivity contribution in [1.29, 1.82) is 0 Å². The molecule has 130 valence electrons. The Morgan fingerprint density at radius 2 is 1.84 bits per heavy atom. The fourth-order valence-corrected chi connectivity index (χ4v) is 3.69. The van der Waals surface area contributed by atoms with E-state index >= 15 is 0 Å². The molecule has 1 aromatic carbocycles. The Labute approximate surface area is 151 Å². The van der Waals surface area contributed by atoms with Gasteiger partial charge in [0, 0.05) is 23.7 Å². The molecule has 3 rings (SSSR count). The van der Waals surface area contributed by atoms with Crippen LogP contribution >= 0.6 is 11.8 Å². The molecule has 1 fully saturated rings. The zero-order valence-electron chi connectivity index (χ0n) is 14.2. The maximum atomic E-state index is 12.6. The summed E-state index contributed by atoms with van der Waals surface area (Å²) >= 11 is 1.45. The van der Waals surface area contributed by atoms with Gasteiger partial charge in [0.1, 0.15) is 5.03 Å². The molecule has 1 N–H and O–H groups in total. The van der Waals surface area contributed by atoms with Crippen LogP contribution in [0.15, 0.2) is 52.4 Å². The number of nitrogens with one attached hydrogen (secondary N) is 1. The predicted octanol–water partition coefficient (Wildman–Crippen LogP) is 2.89. The van der Waals surface area contributed by atoms with Crippen molar-refractivity contribution >= 4 is 23.6 Å². The van der Waals surface area contributed by atoms with Crippen molar-refractivity contribution in [2.75, 3.05) is 19.6 Å². The summed E-state index contributed by atoms with van der Waals surface area (Å²) < 4.78 is 0. The average molecular weight is 355 g/mol. The highest BCUT2D eigenvalue weighted by atomic mass is 32.2. The van der Waals surface area contributed by atoms with E-state index in [1.54, 1.807) is 11.0 Å². The van der Waals surface area contributed by atoms with Crippen molar-refractivity contribution in [2.24, 2.45) is 0 Å². The minimum Gasteiger partial charge on any atom is -0.343 e. The number of aromatic nitrogens is 1. The lowest BCUT2D eigenvalue weighted by Crippen LogP contribution is -2.38. The first kappa shape index (κ1) is 17.5. The number of nitrogens with zero attached hydrogens (tertiary/aromatic N) is 2. The monoisotopic (exact) mass is 355 g/mol. The molecular weight excluding hydrogens is 334 g/mol. The zero-order chi connectivity index (χ0) is 17.6. The van der Waals surface area contributed by atoms with Gasteiger partial charge in [0.05, 0.1) is 12.1 Å². The number of hydrogen-bond acceptors (Lipinski definition) is 4. The molecule has 1 saturated heterocycles. The van der Waals surface area contributed by atoms with Crippen LogP contribution in [0.2, 0.25) is 0 Å². The second-order valence-corrected chi connectivity index (χ2v) is 7.05. The van der Waals surface area contributed by atoms with Crippen molar-refractivity contribution in [1.82, 2.24) is 15.2 Å². The highest BCUT2D eigenvalue weighted by Gasteiger charge is 2.20. The lowest BCUT2D eigenvalue weighted by molar-refractivity contribution is -0.129. The van der Waals surface area contributed by atoms with E-state index < -0.39 is 0 Å². The van der Waals surface area contributed by atoms with E-state index in [-0.39, 0.29) is 18.4 Å². The number of benzene rings is 1. The van der Waals surface area contributed by atoms with Gasteiger partial charge in [-0.3, -0.25) is 9.59 Å². The van der Waals surface area contributed by atoms with Crippen LogP contribution in [0.4, 0.5) is 0 Å². The molecule has 25 heavy (non-hydrogen) atoms. The van der Waals surface area contributed by atoms with Crippen LogP contribution in [0, 0.1) is 6.92 Å². The van der Waals surface area contributed by atoms with E-state index in [0.717, 1.165) is 36.5 Å². The van der Waals surface area contributed by atoms with Crippen LogP contribution in [-0.2, 0) is 4.79 Å². The summed E-state index contributed by atoms with van der Waals surface area (Å²) in [4.78, 5) is 32.0. The molecule has 1 aromatic heterocycles. The molecule has 6 heteroatoms. The Hall–Kier alpha value is -2.34. The maximum absolute atomic E-state index is 12.6. The topological polar surface area (TPSA) is 62.3 Å². The molecule has 0 aliphatic carbocycles. The Bertz CT molecular complexity index is 759. The van der Waals surface area contributed by atoms with Gasteiger partial charge in [-0.25, -0.2) is 4.98 Å². The van der Waals surface area contributed by atoms with Crippen molar-refractivity contribution < 1.29 is 9.59 Å². The second kappa shape index (κ2) is 8.16. The van der Waals surface area contributed by atoms with Crippen LogP contribution in [0.5, 0.6) is 0 Å². The summed E-state index contributed by atoms with van der Waals surface area (Å²) in [5.41, 5.74) is 1.34. The fourth-order valence-electron chi connectivity index (χ4n) is 2.71. The number of amides is 2. The molecule has 0 spiro atoms. The number of rotatable bonds is 5. The van der Waals surface area contributed by atoms with Gasteiger partial charge >= 0.3 is 0 Å². The largest absolute Gasteiger partial charge is 0.343 e. The van der Waals surface area contributed by atoms with E-state index in [0.29, 0.717) is 10.6 Å². The molecule has 0 unspecified atom stereocenters. The Morgan fingerprint density at radius 3 is 2.56 bits per heavy atom. The second-order valence-electron chi connectivity index (χ2n) is 5.99. The maximum Gasteiger partial charge on any atom is 0.254 e. The first-order chi connectivity index (χ1) is 12.1. The Kier molecular flexibility index (Phi) is 5.71. The van der Waals surface area contributed by atoms with E-state index in [1.165, 1.54) is 11.8 Å². The van der Waals surface area contributed by atoms with Gasteiger partial charge in [-0.05, 0) is 44.0 Å². The summed E-state index contributed by atoms with van der Waals surface area (Å²) in [7, 11) is 0. The quantitative estimate of drug-likeness (QED) is 0.896. The van der Waals surface area contributed by atoms with E-state index in [4.69, 9.17) is 0 Å². The zero-order valence-corrected chi connectivity index (χ0v) is 15.0. The lowest BCUT2D eigenvalue weighted by Gasteiger charge is -2.16. The highest BCUT2D eigenvalue weighted by molar-refractivity contribution is 7.99. The predicted molar refractivity (Wildman–Crippen MR) is 97.7 cm³/mol. The smallest absolute Gasteiger partial charge is 0.254 e. The van der Waals surface area contributed by atoms with Crippen LogP contribution < -0.4 is 5.32 Å². The SMILES string of the molecule is Cc1ccc(C(=O)NCC(=O)N2CCCC2)c(Sc2ccccc2)n1. The first-order valence-electron chi connectivity index (χ1n) is 8.40. The first-order valence-corrected chi connectivity index (χ1v) is 9.21. The molecule has 1 aliphatic heterocycles. The normalized spacial score (nSPS) is 13.7. The van der Waals surface area contributed by atoms with Crippen LogP contribution in [0.1, 0.15) is 28.9 Å². The third-order valence-electron chi connectivity index (χ3n) is 4.06. The van der Waals surface area contributed by atoms with Gasteiger partial charge in [-0.2, -0.15) is 0 Å². The third kappa shape index (κ3) is 4.60. The Morgan fingerprint density at radius 1 is 1.12 bits per heavy atom. The number of carbonyl (C=O) groups excluding carboxylic acids is 2. The molecule has 0 bridgehead atoms. The minimum absolute atomic E-state index is 0.0248. The van der Waals surface area contributed by atoms with E-state index in [1.807, 2.05) is 43.3 Å². The summed E-state index contributed by atoms with van der Waals surface area (Å²) in [6.45, 7) is 3.50. The average Bonchev–Trinajstić information content (AvgIpc) is 3.15. The summed E-state index contributed by atoms with van der Waals surface area (Å²) in [5.74, 6) is -0.290. The number of aryl methyl sites for hydroxylation is 1. The van der Waals surface area contributed by atoms with Crippen LogP contribution in [0.25, 0.3) is 0 Å². The molecule has 0 saturated carbocycles. The van der Waals surface area contributed by atoms with Gasteiger partial charge < -0.3 is 10.2 Å². The molecule has 2 amide bonds. The molecule has 0 radical (unpaired) electrons. The van der Waals surface area contributed by atoms with E-state index in [2.05, 4.69) is 10.3 Å². The highest BCUT2D eigenvalue weighted by Crippen LogP contribution is 2.28. The van der Waals surface area contributed by atoms with Crippen LogP contribution in [0.3, 0.4) is 0 Å². The molecule has 0 atom stereocenters. The standard InChI is InChI=1S/C19H21N3O2S/c1-14-9-10-16(19(21-14)25-15-7-3-2-4-8-15)18(24)20-13-17(23)22-11-5-6-12-22/h2-4,7-10H,5-6,11-13H2,1H3,(H,20,24). The number of likely N-dealkylation sites (tertiary alicyclic amines) is 1. The summed E-state index contributed by atoms with van der Waals surface area (Å²) in [5, 5.41) is 3.39. The third-order valence-corrected chi connectivity index (χ3v) is 5.07. The number of hydrogen-bond donors (Lipinski definition) is 1. The summed E-state index contributed by atoms with van der Waals surface area (Å²) in [6, 6.07) is 13.4. The van der Waals surface area contributed by atoms with E-state index in [9.17, 15) is 9.59 Å². The van der Waals surface area contributed by atoms with Crippen molar-refractivity contribution in [3.63, 3.8) is 0 Å². The molecule has 5 nitrogen and oxygen atoms in total. The van der Waals surface area contributed by atoms with Gasteiger partial charge in [0.2, 0.25) is 5.91 Å². The summed E-state index contributed by atoms with van der Waals surface area (Å²) in [6.07, 6.45) is 2.08. The Balaban J connectivity index is 1.70. The number of pyridine rings is 1. The molecule has 2 heterocycles. The van der Waals surface area contributed by atoms with Crippen molar-refractivity contribution in [3.8, 4) is 0 Å². The van der Waals surface area contributed by atoms with Crippen LogP contribution in [-0.4, -0.2) is 41.3 Å². The van der Waals surface area contributed by atoms with Gasteiger partial charge in [0.25, 0.3) is 5.91 Å². The number of carbonyl (C=O) groups is 2. The molecule has 1 aliphatic rings. The molecular formula is C19H21N3O2S. The van der Waals surface area contributed by atoms with Crippen molar-refractivity contribution in [3.05, 3.63) is 53.7 Å². The van der Waals surface area contributed by atoms with Gasteiger partial charge in [0.15, 0.2) is 0 Å². The molecule has 2 aromatic rings. The minimum atomic E-state index is -0.265. The van der Waals surface area contributed by atoms with Gasteiger partial charge in [-0.15, -0.1) is 0 Å². The van der Waals surface area contributed by atoms with Crippen molar-refractivity contribution in [2.45, 2.75) is 29.7 Å². The van der Waals surface area contributed by atoms with Gasteiger partial charge in [-0.1, -0.05) is 30.0 Å². The lowest BCUT2D eigenvalue weighted by atomic mass is 10.2. The fraction of sp³-hybridized carbons (Fsp3) is 0.316.